The molecule has 2 saturated heterocycles. The Morgan fingerprint density at radius 2 is 1.62 bits per heavy atom. The second-order valence-electron chi connectivity index (χ2n) is 5.89. The lowest BCUT2D eigenvalue weighted by atomic mass is 9.92. The van der Waals surface area contributed by atoms with Gasteiger partial charge in [-0.25, -0.2) is 4.39 Å². The SMILES string of the molecule is C[C@@H]1C[C@H](C)CN(CCN2CC[C@@H](F)C2)C1. The molecule has 0 aromatic carbocycles. The van der Waals surface area contributed by atoms with Gasteiger partial charge in [0, 0.05) is 39.3 Å². The first-order valence-corrected chi connectivity index (χ1v) is 6.72. The van der Waals surface area contributed by atoms with Crippen LogP contribution in [0.4, 0.5) is 4.39 Å². The largest absolute Gasteiger partial charge is 0.302 e. The van der Waals surface area contributed by atoms with E-state index < -0.39 is 6.17 Å². The van der Waals surface area contributed by atoms with Gasteiger partial charge in [0.1, 0.15) is 6.17 Å². The van der Waals surface area contributed by atoms with Crippen LogP contribution in [-0.4, -0.2) is 55.2 Å². The average Bonchev–Trinajstić information content (AvgIpc) is 2.60. The van der Waals surface area contributed by atoms with Gasteiger partial charge in [0.2, 0.25) is 0 Å². The minimum Gasteiger partial charge on any atom is -0.302 e. The molecule has 0 saturated carbocycles. The van der Waals surface area contributed by atoms with E-state index in [0.717, 1.165) is 37.9 Å². The Labute approximate surface area is 98.8 Å². The van der Waals surface area contributed by atoms with Gasteiger partial charge in [0.25, 0.3) is 0 Å². The zero-order valence-electron chi connectivity index (χ0n) is 10.7. The van der Waals surface area contributed by atoms with E-state index in [1.807, 2.05) is 0 Å². The predicted molar refractivity (Wildman–Crippen MR) is 65.3 cm³/mol. The van der Waals surface area contributed by atoms with Gasteiger partial charge in [-0.15, -0.1) is 0 Å². The number of nitrogens with zero attached hydrogens (tertiary/aromatic N) is 2. The second kappa shape index (κ2) is 5.46. The van der Waals surface area contributed by atoms with Crippen molar-refractivity contribution in [1.82, 2.24) is 9.80 Å². The van der Waals surface area contributed by atoms with E-state index in [2.05, 4.69) is 23.6 Å². The first-order valence-electron chi connectivity index (χ1n) is 6.72. The van der Waals surface area contributed by atoms with Gasteiger partial charge in [-0.1, -0.05) is 13.8 Å². The van der Waals surface area contributed by atoms with Crippen LogP contribution in [-0.2, 0) is 0 Å². The molecule has 16 heavy (non-hydrogen) atoms. The van der Waals surface area contributed by atoms with Crippen molar-refractivity contribution in [2.24, 2.45) is 11.8 Å². The lowest BCUT2D eigenvalue weighted by Crippen LogP contribution is -2.42. The summed E-state index contributed by atoms with van der Waals surface area (Å²) in [6.45, 7) is 11.0. The standard InChI is InChI=1S/C13H25FN2/c1-11-7-12(2)9-16(8-11)6-5-15-4-3-13(14)10-15/h11-13H,3-10H2,1-2H3/t11-,12+,13-/m1/s1. The monoisotopic (exact) mass is 228 g/mol. The van der Waals surface area contributed by atoms with Gasteiger partial charge in [-0.2, -0.15) is 0 Å². The number of rotatable bonds is 3. The Morgan fingerprint density at radius 3 is 2.19 bits per heavy atom. The van der Waals surface area contributed by atoms with Crippen LogP contribution in [0.25, 0.3) is 0 Å². The van der Waals surface area contributed by atoms with Crippen LogP contribution in [0.3, 0.4) is 0 Å². The van der Waals surface area contributed by atoms with Crippen molar-refractivity contribution < 1.29 is 4.39 Å². The zero-order valence-corrected chi connectivity index (χ0v) is 10.7. The number of likely N-dealkylation sites (tertiary alicyclic amines) is 2. The molecule has 0 aromatic rings. The van der Waals surface area contributed by atoms with Gasteiger partial charge in [0.05, 0.1) is 0 Å². The fraction of sp³-hybridized carbons (Fsp3) is 1.00. The van der Waals surface area contributed by atoms with E-state index >= 15 is 0 Å². The molecule has 2 heterocycles. The summed E-state index contributed by atoms with van der Waals surface area (Å²) in [5, 5.41) is 0. The Balaban J connectivity index is 1.69. The van der Waals surface area contributed by atoms with Gasteiger partial charge in [-0.05, 0) is 24.7 Å². The highest BCUT2D eigenvalue weighted by molar-refractivity contribution is 4.78. The van der Waals surface area contributed by atoms with Crippen molar-refractivity contribution in [2.45, 2.75) is 32.9 Å². The Kier molecular flexibility index (Phi) is 4.20. The molecule has 2 rings (SSSR count). The Hall–Kier alpha value is -0.150. The number of alkyl halides is 1. The van der Waals surface area contributed by atoms with Gasteiger partial charge < -0.3 is 4.90 Å². The smallest absolute Gasteiger partial charge is 0.114 e. The molecule has 0 aliphatic carbocycles. The Bertz CT molecular complexity index is 212. The van der Waals surface area contributed by atoms with E-state index in [0.29, 0.717) is 6.54 Å². The normalized spacial score (nSPS) is 38.1. The molecular formula is C13H25FN2. The fourth-order valence-corrected chi connectivity index (χ4v) is 3.25. The fourth-order valence-electron chi connectivity index (χ4n) is 3.25. The molecule has 0 amide bonds. The summed E-state index contributed by atoms with van der Waals surface area (Å²) in [7, 11) is 0. The van der Waals surface area contributed by atoms with Crippen LogP contribution >= 0.6 is 0 Å². The maximum atomic E-state index is 13.0. The maximum Gasteiger partial charge on any atom is 0.114 e. The van der Waals surface area contributed by atoms with Crippen molar-refractivity contribution in [3.05, 3.63) is 0 Å². The lowest BCUT2D eigenvalue weighted by Gasteiger charge is -2.35. The van der Waals surface area contributed by atoms with Crippen LogP contribution < -0.4 is 0 Å². The summed E-state index contributed by atoms with van der Waals surface area (Å²) in [6.07, 6.45) is 1.54. The highest BCUT2D eigenvalue weighted by Crippen LogP contribution is 2.21. The summed E-state index contributed by atoms with van der Waals surface area (Å²) in [5.74, 6) is 1.66. The van der Waals surface area contributed by atoms with Crippen molar-refractivity contribution in [2.75, 3.05) is 39.3 Å². The number of piperidine rings is 1. The van der Waals surface area contributed by atoms with Crippen molar-refractivity contribution in [3.63, 3.8) is 0 Å². The van der Waals surface area contributed by atoms with Gasteiger partial charge >= 0.3 is 0 Å². The third-order valence-corrected chi connectivity index (χ3v) is 3.89. The molecule has 0 radical (unpaired) electrons. The van der Waals surface area contributed by atoms with Crippen LogP contribution in [0.2, 0.25) is 0 Å². The molecule has 2 aliphatic rings. The summed E-state index contributed by atoms with van der Waals surface area (Å²) < 4.78 is 13.0. The van der Waals surface area contributed by atoms with E-state index in [4.69, 9.17) is 0 Å². The summed E-state index contributed by atoms with van der Waals surface area (Å²) in [4.78, 5) is 4.83. The third-order valence-electron chi connectivity index (χ3n) is 3.89. The highest BCUT2D eigenvalue weighted by Gasteiger charge is 2.24. The van der Waals surface area contributed by atoms with E-state index in [1.165, 1.54) is 19.5 Å². The second-order valence-corrected chi connectivity index (χ2v) is 5.89. The van der Waals surface area contributed by atoms with E-state index in [9.17, 15) is 4.39 Å². The van der Waals surface area contributed by atoms with Gasteiger partial charge in [-0.3, -0.25) is 4.90 Å². The van der Waals surface area contributed by atoms with Crippen LogP contribution in [0.5, 0.6) is 0 Å². The zero-order chi connectivity index (χ0) is 11.5. The third kappa shape index (κ3) is 3.42. The van der Waals surface area contributed by atoms with Crippen LogP contribution in [0, 0.1) is 11.8 Å². The molecule has 0 N–H and O–H groups in total. The summed E-state index contributed by atoms with van der Waals surface area (Å²) in [5.41, 5.74) is 0. The molecule has 3 atom stereocenters. The molecule has 2 aliphatic heterocycles. The topological polar surface area (TPSA) is 6.48 Å². The Morgan fingerprint density at radius 1 is 1.00 bits per heavy atom. The predicted octanol–water partition coefficient (Wildman–Crippen LogP) is 2.01. The quantitative estimate of drug-likeness (QED) is 0.729. The van der Waals surface area contributed by atoms with Crippen LogP contribution in [0.1, 0.15) is 26.7 Å². The number of hydrogen-bond acceptors (Lipinski definition) is 2. The first kappa shape index (κ1) is 12.3. The molecule has 3 heteroatoms. The molecule has 0 unspecified atom stereocenters. The van der Waals surface area contributed by atoms with E-state index in [1.54, 1.807) is 0 Å². The van der Waals surface area contributed by atoms with E-state index in [-0.39, 0.29) is 0 Å². The first-order chi connectivity index (χ1) is 7.63. The van der Waals surface area contributed by atoms with Crippen molar-refractivity contribution in [1.29, 1.82) is 0 Å². The van der Waals surface area contributed by atoms with Crippen molar-refractivity contribution >= 4 is 0 Å². The number of hydrogen-bond donors (Lipinski definition) is 0. The molecule has 94 valence electrons. The molecule has 0 spiro atoms. The molecule has 2 nitrogen and oxygen atoms in total. The molecule has 0 bridgehead atoms. The lowest BCUT2D eigenvalue weighted by molar-refractivity contribution is 0.126. The van der Waals surface area contributed by atoms with Gasteiger partial charge in [0.15, 0.2) is 0 Å². The molecular weight excluding hydrogens is 203 g/mol. The summed E-state index contributed by atoms with van der Waals surface area (Å²) >= 11 is 0. The summed E-state index contributed by atoms with van der Waals surface area (Å²) in [6, 6.07) is 0. The molecule has 2 fully saturated rings. The van der Waals surface area contributed by atoms with Crippen molar-refractivity contribution in [3.8, 4) is 0 Å². The minimum absolute atomic E-state index is 0.570. The molecule has 0 aromatic heterocycles. The number of halogens is 1. The minimum atomic E-state index is -0.570. The average molecular weight is 228 g/mol. The maximum absolute atomic E-state index is 13.0. The highest BCUT2D eigenvalue weighted by atomic mass is 19.1. The van der Waals surface area contributed by atoms with Crippen LogP contribution in [0.15, 0.2) is 0 Å².